The molecule has 2 rings (SSSR count). The van der Waals surface area contributed by atoms with E-state index in [1.165, 1.54) is 0 Å². The molecule has 19 heavy (non-hydrogen) atoms. The smallest absolute Gasteiger partial charge is 0.222 e. The first-order valence-electron chi connectivity index (χ1n) is 6.85. The van der Waals surface area contributed by atoms with Crippen molar-refractivity contribution >= 4 is 17.5 Å². The summed E-state index contributed by atoms with van der Waals surface area (Å²) in [5.74, 6) is 1.56. The molecule has 1 saturated heterocycles. The van der Waals surface area contributed by atoms with Gasteiger partial charge < -0.3 is 14.6 Å². The molecule has 0 aliphatic carbocycles. The number of piperidine rings is 1. The summed E-state index contributed by atoms with van der Waals surface area (Å²) in [5, 5.41) is 3.91. The van der Waals surface area contributed by atoms with Gasteiger partial charge in [0.2, 0.25) is 5.91 Å². The van der Waals surface area contributed by atoms with Crippen LogP contribution in [-0.2, 0) is 11.3 Å². The van der Waals surface area contributed by atoms with Crippen molar-refractivity contribution in [2.75, 3.05) is 13.1 Å². The second-order valence-corrected chi connectivity index (χ2v) is 5.53. The molecular weight excluding hydrogens is 264 g/mol. The Bertz CT molecular complexity index is 433. The summed E-state index contributed by atoms with van der Waals surface area (Å²) in [4.78, 5) is 13.6. The van der Waals surface area contributed by atoms with Crippen molar-refractivity contribution in [3.05, 3.63) is 23.1 Å². The average molecular weight is 285 g/mol. The SMILES string of the molecule is CCC(=O)N1CCC(NCc2ccc(Cl)o2)C(C)C1. The molecule has 1 N–H and O–H groups in total. The van der Waals surface area contributed by atoms with Crippen LogP contribution in [0, 0.1) is 5.92 Å². The minimum atomic E-state index is 0.253. The van der Waals surface area contributed by atoms with Crippen molar-refractivity contribution in [1.29, 1.82) is 0 Å². The van der Waals surface area contributed by atoms with Gasteiger partial charge in [0.1, 0.15) is 5.76 Å². The number of carbonyl (C=O) groups is 1. The number of halogens is 1. The number of nitrogens with one attached hydrogen (secondary N) is 1. The third kappa shape index (κ3) is 3.74. The molecule has 0 bridgehead atoms. The third-order valence-corrected chi connectivity index (χ3v) is 3.93. The van der Waals surface area contributed by atoms with Crippen LogP contribution in [0.5, 0.6) is 0 Å². The van der Waals surface area contributed by atoms with Gasteiger partial charge in [0.15, 0.2) is 5.22 Å². The van der Waals surface area contributed by atoms with Gasteiger partial charge in [-0.05, 0) is 36.1 Å². The highest BCUT2D eigenvalue weighted by Gasteiger charge is 2.27. The van der Waals surface area contributed by atoms with E-state index in [4.69, 9.17) is 16.0 Å². The molecular formula is C14H21ClN2O2. The van der Waals surface area contributed by atoms with Crippen LogP contribution in [0.25, 0.3) is 0 Å². The molecule has 2 atom stereocenters. The molecule has 1 aliphatic rings. The number of nitrogens with zero attached hydrogens (tertiary/aromatic N) is 1. The zero-order chi connectivity index (χ0) is 13.8. The second kappa shape index (κ2) is 6.44. The quantitative estimate of drug-likeness (QED) is 0.925. The van der Waals surface area contributed by atoms with Crippen LogP contribution in [0.3, 0.4) is 0 Å². The first kappa shape index (κ1) is 14.4. The Balaban J connectivity index is 1.81. The maximum Gasteiger partial charge on any atom is 0.222 e. The van der Waals surface area contributed by atoms with Gasteiger partial charge in [-0.2, -0.15) is 0 Å². The lowest BCUT2D eigenvalue weighted by molar-refractivity contribution is -0.132. The second-order valence-electron chi connectivity index (χ2n) is 5.15. The van der Waals surface area contributed by atoms with Crippen molar-refractivity contribution in [1.82, 2.24) is 10.2 Å². The molecule has 1 fully saturated rings. The Morgan fingerprint density at radius 1 is 1.58 bits per heavy atom. The maximum atomic E-state index is 11.7. The van der Waals surface area contributed by atoms with E-state index in [9.17, 15) is 4.79 Å². The fourth-order valence-electron chi connectivity index (χ4n) is 2.58. The number of amides is 1. The van der Waals surface area contributed by atoms with E-state index in [1.54, 1.807) is 6.07 Å². The largest absolute Gasteiger partial charge is 0.448 e. The van der Waals surface area contributed by atoms with E-state index in [2.05, 4.69) is 12.2 Å². The molecule has 2 unspecified atom stereocenters. The predicted octanol–water partition coefficient (Wildman–Crippen LogP) is 2.67. The van der Waals surface area contributed by atoms with Crippen LogP contribution in [-0.4, -0.2) is 29.9 Å². The standard InChI is InChI=1S/C14H21ClN2O2/c1-3-14(18)17-7-6-12(10(2)9-17)16-8-11-4-5-13(15)19-11/h4-5,10,12,16H,3,6-9H2,1-2H3. The Morgan fingerprint density at radius 3 is 2.95 bits per heavy atom. The molecule has 0 spiro atoms. The zero-order valence-electron chi connectivity index (χ0n) is 11.5. The van der Waals surface area contributed by atoms with Crippen molar-refractivity contribution in [2.24, 2.45) is 5.92 Å². The van der Waals surface area contributed by atoms with E-state index < -0.39 is 0 Å². The number of hydrogen-bond acceptors (Lipinski definition) is 3. The summed E-state index contributed by atoms with van der Waals surface area (Å²) in [6.45, 7) is 6.46. The fourth-order valence-corrected chi connectivity index (χ4v) is 2.74. The lowest BCUT2D eigenvalue weighted by Crippen LogP contribution is -2.49. The van der Waals surface area contributed by atoms with Crippen LogP contribution in [0.2, 0.25) is 5.22 Å². The summed E-state index contributed by atoms with van der Waals surface area (Å²) in [6.07, 6.45) is 1.58. The minimum Gasteiger partial charge on any atom is -0.448 e. The van der Waals surface area contributed by atoms with E-state index in [0.29, 0.717) is 30.1 Å². The van der Waals surface area contributed by atoms with Crippen molar-refractivity contribution < 1.29 is 9.21 Å². The molecule has 106 valence electrons. The summed E-state index contributed by atoms with van der Waals surface area (Å²) < 4.78 is 5.32. The topological polar surface area (TPSA) is 45.5 Å². The van der Waals surface area contributed by atoms with Gasteiger partial charge in [0.25, 0.3) is 0 Å². The van der Waals surface area contributed by atoms with Gasteiger partial charge in [0, 0.05) is 25.6 Å². The normalized spacial score (nSPS) is 23.6. The summed E-state index contributed by atoms with van der Waals surface area (Å²) in [5.41, 5.74) is 0. The number of hydrogen-bond donors (Lipinski definition) is 1. The molecule has 0 aromatic carbocycles. The van der Waals surface area contributed by atoms with Crippen LogP contribution < -0.4 is 5.32 Å². The number of likely N-dealkylation sites (tertiary alicyclic amines) is 1. The van der Waals surface area contributed by atoms with E-state index >= 15 is 0 Å². The summed E-state index contributed by atoms with van der Waals surface area (Å²) in [6, 6.07) is 4.06. The average Bonchev–Trinajstić information content (AvgIpc) is 2.82. The fraction of sp³-hybridized carbons (Fsp3) is 0.643. The van der Waals surface area contributed by atoms with Gasteiger partial charge in [0.05, 0.1) is 6.54 Å². The Labute approximate surface area is 119 Å². The number of furan rings is 1. The highest BCUT2D eigenvalue weighted by Crippen LogP contribution is 2.19. The molecule has 1 aliphatic heterocycles. The van der Waals surface area contributed by atoms with Crippen LogP contribution in [0.4, 0.5) is 0 Å². The van der Waals surface area contributed by atoms with Crippen LogP contribution in [0.15, 0.2) is 16.5 Å². The molecule has 2 heterocycles. The van der Waals surface area contributed by atoms with Crippen LogP contribution >= 0.6 is 11.6 Å². The van der Waals surface area contributed by atoms with Crippen molar-refractivity contribution in [3.8, 4) is 0 Å². The lowest BCUT2D eigenvalue weighted by Gasteiger charge is -2.37. The monoisotopic (exact) mass is 284 g/mol. The first-order chi connectivity index (χ1) is 9.10. The lowest BCUT2D eigenvalue weighted by atomic mass is 9.93. The first-order valence-corrected chi connectivity index (χ1v) is 7.23. The molecule has 1 amide bonds. The number of carbonyl (C=O) groups excluding carboxylic acids is 1. The maximum absolute atomic E-state index is 11.7. The zero-order valence-corrected chi connectivity index (χ0v) is 12.2. The molecule has 5 heteroatoms. The summed E-state index contributed by atoms with van der Waals surface area (Å²) in [7, 11) is 0. The molecule has 0 saturated carbocycles. The molecule has 1 aromatic rings. The molecule has 1 aromatic heterocycles. The number of rotatable bonds is 4. The predicted molar refractivity (Wildman–Crippen MR) is 75.0 cm³/mol. The van der Waals surface area contributed by atoms with Gasteiger partial charge >= 0.3 is 0 Å². The van der Waals surface area contributed by atoms with E-state index in [1.807, 2.05) is 17.9 Å². The Morgan fingerprint density at radius 2 is 2.37 bits per heavy atom. The van der Waals surface area contributed by atoms with E-state index in [-0.39, 0.29) is 5.91 Å². The van der Waals surface area contributed by atoms with Crippen molar-refractivity contribution in [2.45, 2.75) is 39.3 Å². The van der Waals surface area contributed by atoms with E-state index in [0.717, 1.165) is 25.3 Å². The molecule has 4 nitrogen and oxygen atoms in total. The third-order valence-electron chi connectivity index (χ3n) is 3.73. The van der Waals surface area contributed by atoms with Gasteiger partial charge in [-0.25, -0.2) is 0 Å². The highest BCUT2D eigenvalue weighted by atomic mass is 35.5. The van der Waals surface area contributed by atoms with Crippen LogP contribution in [0.1, 0.15) is 32.4 Å². The Hall–Kier alpha value is -1.00. The highest BCUT2D eigenvalue weighted by molar-refractivity contribution is 6.28. The Kier molecular flexibility index (Phi) is 4.88. The molecule has 0 radical (unpaired) electrons. The van der Waals surface area contributed by atoms with Gasteiger partial charge in [-0.15, -0.1) is 0 Å². The van der Waals surface area contributed by atoms with Gasteiger partial charge in [-0.1, -0.05) is 13.8 Å². The van der Waals surface area contributed by atoms with Crippen molar-refractivity contribution in [3.63, 3.8) is 0 Å². The minimum absolute atomic E-state index is 0.253. The van der Waals surface area contributed by atoms with Gasteiger partial charge in [-0.3, -0.25) is 4.79 Å². The summed E-state index contributed by atoms with van der Waals surface area (Å²) >= 11 is 5.74.